The molecule has 0 amide bonds. The second-order valence-corrected chi connectivity index (χ2v) is 17.3. The van der Waals surface area contributed by atoms with Crippen LogP contribution in [0.15, 0.2) is 24.3 Å². The molecule has 0 aromatic rings. The van der Waals surface area contributed by atoms with Gasteiger partial charge in [0.15, 0.2) is 6.29 Å². The summed E-state index contributed by atoms with van der Waals surface area (Å²) in [7, 11) is 0. The first-order valence-corrected chi connectivity index (χ1v) is 24.9. The van der Waals surface area contributed by atoms with Crippen LogP contribution in [0.2, 0.25) is 0 Å². The summed E-state index contributed by atoms with van der Waals surface area (Å²) < 4.78 is 22.9. The van der Waals surface area contributed by atoms with Crippen molar-refractivity contribution in [1.29, 1.82) is 0 Å². The van der Waals surface area contributed by atoms with E-state index in [9.17, 15) is 25.2 Å². The van der Waals surface area contributed by atoms with Crippen molar-refractivity contribution in [1.82, 2.24) is 0 Å². The zero-order chi connectivity index (χ0) is 42.9. The summed E-state index contributed by atoms with van der Waals surface area (Å²) in [5.41, 5.74) is 0. The maximum Gasteiger partial charge on any atom is 0.306 e. The van der Waals surface area contributed by atoms with E-state index in [4.69, 9.17) is 18.9 Å². The number of carbonyl (C=O) groups excluding carboxylic acids is 1. The minimum Gasteiger partial charge on any atom is -0.457 e. The number of aliphatic hydroxyl groups excluding tert-OH is 4. The van der Waals surface area contributed by atoms with E-state index in [0.717, 1.165) is 44.9 Å². The van der Waals surface area contributed by atoms with Crippen LogP contribution in [0.25, 0.3) is 0 Å². The van der Waals surface area contributed by atoms with Crippen molar-refractivity contribution < 1.29 is 44.2 Å². The Morgan fingerprint density at radius 3 is 1.47 bits per heavy atom. The highest BCUT2D eigenvalue weighted by Gasteiger charge is 2.44. The van der Waals surface area contributed by atoms with Crippen LogP contribution < -0.4 is 0 Å². The number of allylic oxidation sites excluding steroid dienone is 4. The summed E-state index contributed by atoms with van der Waals surface area (Å²) in [6.45, 7) is 4.57. The summed E-state index contributed by atoms with van der Waals surface area (Å²) in [6, 6.07) is 0. The third-order valence-corrected chi connectivity index (χ3v) is 11.6. The van der Waals surface area contributed by atoms with Gasteiger partial charge in [0, 0.05) is 13.0 Å². The van der Waals surface area contributed by atoms with Crippen LogP contribution in [0.4, 0.5) is 0 Å². The molecule has 9 heteroatoms. The third-order valence-electron chi connectivity index (χ3n) is 11.6. The first-order chi connectivity index (χ1) is 28.9. The van der Waals surface area contributed by atoms with E-state index in [0.29, 0.717) is 13.0 Å². The van der Waals surface area contributed by atoms with Crippen molar-refractivity contribution in [3.8, 4) is 0 Å². The molecule has 1 rings (SSSR count). The summed E-state index contributed by atoms with van der Waals surface area (Å²) >= 11 is 0. The monoisotopic (exact) mass is 839 g/mol. The van der Waals surface area contributed by atoms with Gasteiger partial charge in [0.25, 0.3) is 0 Å². The first kappa shape index (κ1) is 55.7. The average molecular weight is 839 g/mol. The zero-order valence-corrected chi connectivity index (χ0v) is 38.3. The van der Waals surface area contributed by atoms with E-state index in [1.807, 2.05) is 0 Å². The Morgan fingerprint density at radius 1 is 0.542 bits per heavy atom. The SMILES string of the molecule is CCCCCC/C=C\C/C=C\CCCCCCCCCC(=O)OC(COCCCCCCCCCCCCCCCCCCCC)COC1OC(CO)C(O)C(O)C1O. The Balaban J connectivity index is 2.22. The van der Waals surface area contributed by atoms with E-state index >= 15 is 0 Å². The molecule has 0 radical (unpaired) electrons. The van der Waals surface area contributed by atoms with Crippen LogP contribution in [0.3, 0.4) is 0 Å². The molecule has 0 aromatic heterocycles. The van der Waals surface area contributed by atoms with E-state index in [1.54, 1.807) is 0 Å². The van der Waals surface area contributed by atoms with Crippen LogP contribution >= 0.6 is 0 Å². The van der Waals surface area contributed by atoms with Gasteiger partial charge in [-0.1, -0.05) is 199 Å². The smallest absolute Gasteiger partial charge is 0.306 e. The Morgan fingerprint density at radius 2 is 0.983 bits per heavy atom. The van der Waals surface area contributed by atoms with Crippen molar-refractivity contribution in [2.24, 2.45) is 0 Å². The first-order valence-electron chi connectivity index (χ1n) is 24.9. The molecule has 1 heterocycles. The van der Waals surface area contributed by atoms with Crippen molar-refractivity contribution in [2.75, 3.05) is 26.4 Å². The maximum absolute atomic E-state index is 12.8. The van der Waals surface area contributed by atoms with Crippen molar-refractivity contribution in [3.05, 3.63) is 24.3 Å². The predicted molar refractivity (Wildman–Crippen MR) is 242 cm³/mol. The third kappa shape index (κ3) is 33.0. The molecule has 1 aliphatic rings. The number of aliphatic hydroxyl groups is 4. The minimum absolute atomic E-state index is 0.113. The molecule has 0 aliphatic carbocycles. The van der Waals surface area contributed by atoms with E-state index < -0.39 is 43.4 Å². The molecule has 1 aliphatic heterocycles. The highest BCUT2D eigenvalue weighted by atomic mass is 16.7. The van der Waals surface area contributed by atoms with E-state index in [-0.39, 0.29) is 19.2 Å². The molecule has 348 valence electrons. The van der Waals surface area contributed by atoms with Gasteiger partial charge in [-0.05, 0) is 44.9 Å². The van der Waals surface area contributed by atoms with Gasteiger partial charge >= 0.3 is 5.97 Å². The maximum atomic E-state index is 12.8. The molecule has 0 aromatic carbocycles. The zero-order valence-electron chi connectivity index (χ0n) is 38.3. The lowest BCUT2D eigenvalue weighted by Crippen LogP contribution is -2.59. The number of esters is 1. The summed E-state index contributed by atoms with van der Waals surface area (Å²) in [5, 5.41) is 40.2. The Hall–Kier alpha value is -1.33. The molecule has 1 fully saturated rings. The molecule has 1 saturated heterocycles. The molecule has 9 nitrogen and oxygen atoms in total. The number of carbonyl (C=O) groups is 1. The normalized spacial score (nSPS) is 20.3. The highest BCUT2D eigenvalue weighted by Crippen LogP contribution is 2.23. The van der Waals surface area contributed by atoms with Gasteiger partial charge in [0.1, 0.15) is 30.5 Å². The molecule has 0 saturated carbocycles. The Bertz CT molecular complexity index is 957. The van der Waals surface area contributed by atoms with E-state index in [2.05, 4.69) is 38.2 Å². The van der Waals surface area contributed by atoms with Gasteiger partial charge in [-0.2, -0.15) is 0 Å². The summed E-state index contributed by atoms with van der Waals surface area (Å²) in [5.74, 6) is -0.317. The highest BCUT2D eigenvalue weighted by molar-refractivity contribution is 5.69. The number of ether oxygens (including phenoxy) is 4. The number of hydrogen-bond donors (Lipinski definition) is 4. The largest absolute Gasteiger partial charge is 0.457 e. The fraction of sp³-hybridized carbons (Fsp3) is 0.900. The van der Waals surface area contributed by atoms with Crippen LogP contribution in [-0.4, -0.2) is 89.6 Å². The van der Waals surface area contributed by atoms with Gasteiger partial charge in [-0.3, -0.25) is 4.79 Å². The lowest BCUT2D eigenvalue weighted by molar-refractivity contribution is -0.305. The van der Waals surface area contributed by atoms with Crippen molar-refractivity contribution >= 4 is 5.97 Å². The Labute approximate surface area is 362 Å². The standard InChI is InChI=1S/C50H94O9/c1-3-5-7-9-11-13-15-17-19-21-23-25-27-29-31-33-35-37-39-46(52)58-44(43-57-50-49(55)48(54)47(53)45(41-51)59-50)42-56-40-38-36-34-32-30-28-26-24-22-20-18-16-14-12-10-8-6-4-2/h13,15,19,21,44-45,47-51,53-55H,3-12,14,16-18,20,22-43H2,1-2H3/b15-13-,21-19-. The topological polar surface area (TPSA) is 135 Å². The second-order valence-electron chi connectivity index (χ2n) is 17.3. The summed E-state index contributed by atoms with van der Waals surface area (Å²) in [6.07, 6.45) is 42.0. The fourth-order valence-electron chi connectivity index (χ4n) is 7.70. The molecule has 4 N–H and O–H groups in total. The average Bonchev–Trinajstić information content (AvgIpc) is 3.24. The quantitative estimate of drug-likeness (QED) is 0.0269. The molecule has 0 spiro atoms. The molecular weight excluding hydrogens is 745 g/mol. The van der Waals surface area contributed by atoms with Gasteiger partial charge in [-0.15, -0.1) is 0 Å². The van der Waals surface area contributed by atoms with Crippen molar-refractivity contribution in [2.45, 2.75) is 263 Å². The molecule has 6 atom stereocenters. The Kier molecular flexibility index (Phi) is 39.6. The predicted octanol–water partition coefficient (Wildman–Crippen LogP) is 11.8. The van der Waals surface area contributed by atoms with Crippen LogP contribution in [0.1, 0.15) is 226 Å². The molecule has 59 heavy (non-hydrogen) atoms. The number of rotatable bonds is 43. The molecular formula is C50H94O9. The molecule has 0 bridgehead atoms. The van der Waals surface area contributed by atoms with Crippen molar-refractivity contribution in [3.63, 3.8) is 0 Å². The van der Waals surface area contributed by atoms with Gasteiger partial charge in [-0.25, -0.2) is 0 Å². The minimum atomic E-state index is -1.54. The van der Waals surface area contributed by atoms with Gasteiger partial charge < -0.3 is 39.4 Å². The number of hydrogen-bond acceptors (Lipinski definition) is 9. The molecule has 6 unspecified atom stereocenters. The van der Waals surface area contributed by atoms with Crippen LogP contribution in [0, 0.1) is 0 Å². The van der Waals surface area contributed by atoms with Crippen LogP contribution in [-0.2, 0) is 23.7 Å². The lowest BCUT2D eigenvalue weighted by Gasteiger charge is -2.39. The summed E-state index contributed by atoms with van der Waals surface area (Å²) in [4.78, 5) is 12.8. The van der Waals surface area contributed by atoms with Gasteiger partial charge in [0.2, 0.25) is 0 Å². The van der Waals surface area contributed by atoms with Gasteiger partial charge in [0.05, 0.1) is 19.8 Å². The lowest BCUT2D eigenvalue weighted by atomic mass is 9.99. The van der Waals surface area contributed by atoms with E-state index in [1.165, 1.54) is 161 Å². The second kappa shape index (κ2) is 42.0. The fourth-order valence-corrected chi connectivity index (χ4v) is 7.70. The van der Waals surface area contributed by atoms with Crippen LogP contribution in [0.5, 0.6) is 0 Å². The number of unbranched alkanes of at least 4 members (excludes halogenated alkanes) is 28.